The molecular formula is C12H15ClN4. The van der Waals surface area contributed by atoms with Crippen molar-refractivity contribution in [1.82, 2.24) is 20.5 Å². The largest absolute Gasteiger partial charge is 0.358 e. The van der Waals surface area contributed by atoms with Gasteiger partial charge in [-0.15, -0.1) is 0 Å². The highest BCUT2D eigenvalue weighted by Gasteiger charge is 2.17. The SMILES string of the molecule is Clc1c[nH]c(-c2cc([C@H]3CCCNC3)[nH]n2)c1. The van der Waals surface area contributed by atoms with Gasteiger partial charge in [0.05, 0.1) is 10.7 Å². The molecule has 1 aliphatic heterocycles. The topological polar surface area (TPSA) is 56.5 Å². The first-order valence-electron chi connectivity index (χ1n) is 5.93. The fourth-order valence-electron chi connectivity index (χ4n) is 2.32. The van der Waals surface area contributed by atoms with Crippen molar-refractivity contribution in [2.24, 2.45) is 0 Å². The maximum atomic E-state index is 5.89. The van der Waals surface area contributed by atoms with Crippen molar-refractivity contribution in [2.45, 2.75) is 18.8 Å². The molecule has 0 saturated carbocycles. The lowest BCUT2D eigenvalue weighted by Crippen LogP contribution is -2.28. The standard InChI is InChI=1S/C12H15ClN4/c13-9-4-11(15-7-9)12-5-10(16-17-12)8-2-1-3-14-6-8/h4-5,7-8,14-15H,1-3,6H2,(H,16,17)/t8-/m0/s1. The van der Waals surface area contributed by atoms with E-state index >= 15 is 0 Å². The zero-order chi connectivity index (χ0) is 11.7. The summed E-state index contributed by atoms with van der Waals surface area (Å²) in [5.74, 6) is 0.551. The number of aromatic amines is 2. The smallest absolute Gasteiger partial charge is 0.109 e. The second kappa shape index (κ2) is 4.55. The van der Waals surface area contributed by atoms with Crippen LogP contribution >= 0.6 is 11.6 Å². The van der Waals surface area contributed by atoms with Gasteiger partial charge in [-0.05, 0) is 31.5 Å². The van der Waals surface area contributed by atoms with Crippen LogP contribution in [0.5, 0.6) is 0 Å². The van der Waals surface area contributed by atoms with Gasteiger partial charge in [-0.3, -0.25) is 5.10 Å². The van der Waals surface area contributed by atoms with Crippen molar-refractivity contribution in [3.8, 4) is 11.4 Å². The van der Waals surface area contributed by atoms with E-state index in [-0.39, 0.29) is 0 Å². The molecule has 0 radical (unpaired) electrons. The summed E-state index contributed by atoms with van der Waals surface area (Å²) in [6.07, 6.45) is 4.22. The van der Waals surface area contributed by atoms with Crippen molar-refractivity contribution in [3.63, 3.8) is 0 Å². The van der Waals surface area contributed by atoms with Gasteiger partial charge in [0.2, 0.25) is 0 Å². The number of aromatic nitrogens is 3. The summed E-state index contributed by atoms with van der Waals surface area (Å²) < 4.78 is 0. The molecule has 5 heteroatoms. The molecule has 4 nitrogen and oxygen atoms in total. The highest BCUT2D eigenvalue weighted by atomic mass is 35.5. The molecular weight excluding hydrogens is 236 g/mol. The summed E-state index contributed by atoms with van der Waals surface area (Å²) >= 11 is 5.89. The van der Waals surface area contributed by atoms with Gasteiger partial charge in [-0.25, -0.2) is 0 Å². The third kappa shape index (κ3) is 2.23. The number of rotatable bonds is 2. The molecule has 3 N–H and O–H groups in total. The van der Waals surface area contributed by atoms with E-state index in [2.05, 4.69) is 26.6 Å². The molecule has 0 bridgehead atoms. The molecule has 1 saturated heterocycles. The van der Waals surface area contributed by atoms with E-state index in [0.29, 0.717) is 10.9 Å². The lowest BCUT2D eigenvalue weighted by atomic mass is 9.96. The zero-order valence-corrected chi connectivity index (χ0v) is 10.2. The average molecular weight is 251 g/mol. The minimum absolute atomic E-state index is 0.551. The summed E-state index contributed by atoms with van der Waals surface area (Å²) in [7, 11) is 0. The third-order valence-electron chi connectivity index (χ3n) is 3.26. The van der Waals surface area contributed by atoms with Gasteiger partial charge in [0, 0.05) is 24.4 Å². The van der Waals surface area contributed by atoms with Crippen molar-refractivity contribution in [2.75, 3.05) is 13.1 Å². The van der Waals surface area contributed by atoms with E-state index < -0.39 is 0 Å². The van der Waals surface area contributed by atoms with Gasteiger partial charge in [-0.1, -0.05) is 11.6 Å². The molecule has 0 aliphatic carbocycles. The van der Waals surface area contributed by atoms with Gasteiger partial charge >= 0.3 is 0 Å². The molecule has 0 aromatic carbocycles. The number of nitrogens with one attached hydrogen (secondary N) is 3. The lowest BCUT2D eigenvalue weighted by molar-refractivity contribution is 0.454. The van der Waals surface area contributed by atoms with Crippen LogP contribution in [0.1, 0.15) is 24.5 Å². The van der Waals surface area contributed by atoms with Gasteiger partial charge in [0.25, 0.3) is 0 Å². The van der Waals surface area contributed by atoms with Crippen LogP contribution in [-0.2, 0) is 0 Å². The summed E-state index contributed by atoms with van der Waals surface area (Å²) in [4.78, 5) is 3.11. The maximum absolute atomic E-state index is 5.89. The first-order valence-corrected chi connectivity index (χ1v) is 6.31. The summed E-state index contributed by atoms with van der Waals surface area (Å²) in [6.45, 7) is 2.16. The van der Waals surface area contributed by atoms with E-state index in [1.165, 1.54) is 18.5 Å². The quantitative estimate of drug-likeness (QED) is 0.767. The number of halogens is 1. The molecule has 1 aliphatic rings. The van der Waals surface area contributed by atoms with Crippen LogP contribution in [0.25, 0.3) is 11.4 Å². The molecule has 90 valence electrons. The van der Waals surface area contributed by atoms with Crippen LogP contribution in [0.3, 0.4) is 0 Å². The second-order valence-electron chi connectivity index (χ2n) is 4.48. The van der Waals surface area contributed by atoms with Crippen LogP contribution in [0.15, 0.2) is 18.3 Å². The Morgan fingerprint density at radius 2 is 2.29 bits per heavy atom. The van der Waals surface area contributed by atoms with Crippen LogP contribution in [0.2, 0.25) is 5.02 Å². The summed E-state index contributed by atoms with van der Waals surface area (Å²) in [6, 6.07) is 4.00. The van der Waals surface area contributed by atoms with Crippen LogP contribution < -0.4 is 5.32 Å². The molecule has 3 rings (SSSR count). The average Bonchev–Trinajstić information content (AvgIpc) is 2.98. The van der Waals surface area contributed by atoms with Crippen LogP contribution in [-0.4, -0.2) is 28.3 Å². The number of hydrogen-bond acceptors (Lipinski definition) is 2. The summed E-state index contributed by atoms with van der Waals surface area (Å²) in [5, 5.41) is 11.6. The van der Waals surface area contributed by atoms with Crippen LogP contribution in [0.4, 0.5) is 0 Å². The minimum Gasteiger partial charge on any atom is -0.358 e. The van der Waals surface area contributed by atoms with E-state index in [4.69, 9.17) is 11.6 Å². The maximum Gasteiger partial charge on any atom is 0.109 e. The van der Waals surface area contributed by atoms with Crippen molar-refractivity contribution < 1.29 is 0 Å². The second-order valence-corrected chi connectivity index (χ2v) is 4.92. The first-order chi connectivity index (χ1) is 8.33. The molecule has 1 fully saturated rings. The Kier molecular flexibility index (Phi) is 2.91. The Balaban J connectivity index is 1.82. The van der Waals surface area contributed by atoms with E-state index in [1.54, 1.807) is 6.20 Å². The van der Waals surface area contributed by atoms with Gasteiger partial charge in [0.1, 0.15) is 5.69 Å². The number of piperidine rings is 1. The van der Waals surface area contributed by atoms with Gasteiger partial charge < -0.3 is 10.3 Å². The highest BCUT2D eigenvalue weighted by molar-refractivity contribution is 6.30. The van der Waals surface area contributed by atoms with Gasteiger partial charge in [0.15, 0.2) is 0 Å². The van der Waals surface area contributed by atoms with E-state index in [9.17, 15) is 0 Å². The Morgan fingerprint density at radius 1 is 1.35 bits per heavy atom. The fourth-order valence-corrected chi connectivity index (χ4v) is 2.48. The lowest BCUT2D eigenvalue weighted by Gasteiger charge is -2.21. The van der Waals surface area contributed by atoms with Crippen molar-refractivity contribution in [3.05, 3.63) is 29.0 Å². The molecule has 3 heterocycles. The Hall–Kier alpha value is -1.26. The number of H-pyrrole nitrogens is 2. The minimum atomic E-state index is 0.551. The van der Waals surface area contributed by atoms with E-state index in [0.717, 1.165) is 24.5 Å². The highest BCUT2D eigenvalue weighted by Crippen LogP contribution is 2.26. The summed E-state index contributed by atoms with van der Waals surface area (Å²) in [5.41, 5.74) is 3.09. The Bertz CT molecular complexity index is 496. The number of nitrogens with zero attached hydrogens (tertiary/aromatic N) is 1. The normalized spacial score (nSPS) is 20.6. The fraction of sp³-hybridized carbons (Fsp3) is 0.417. The van der Waals surface area contributed by atoms with Crippen LogP contribution in [0, 0.1) is 0 Å². The molecule has 0 unspecified atom stereocenters. The molecule has 0 spiro atoms. The monoisotopic (exact) mass is 250 g/mol. The van der Waals surface area contributed by atoms with Gasteiger partial charge in [-0.2, -0.15) is 5.10 Å². The predicted molar refractivity (Wildman–Crippen MR) is 68.2 cm³/mol. The van der Waals surface area contributed by atoms with Crippen molar-refractivity contribution in [1.29, 1.82) is 0 Å². The molecule has 17 heavy (non-hydrogen) atoms. The molecule has 0 amide bonds. The number of hydrogen-bond donors (Lipinski definition) is 3. The third-order valence-corrected chi connectivity index (χ3v) is 3.48. The van der Waals surface area contributed by atoms with Crippen molar-refractivity contribution >= 4 is 11.6 Å². The molecule has 1 atom stereocenters. The molecule has 2 aromatic heterocycles. The molecule has 2 aromatic rings. The van der Waals surface area contributed by atoms with E-state index in [1.807, 2.05) is 6.07 Å². The Morgan fingerprint density at radius 3 is 3.00 bits per heavy atom. The first kappa shape index (κ1) is 10.9. The Labute approximate surface area is 105 Å². The predicted octanol–water partition coefficient (Wildman–Crippen LogP) is 2.53. The zero-order valence-electron chi connectivity index (χ0n) is 9.46.